The zero-order valence-corrected chi connectivity index (χ0v) is 20.0. The van der Waals surface area contributed by atoms with Gasteiger partial charge in [0.2, 0.25) is 0 Å². The summed E-state index contributed by atoms with van der Waals surface area (Å²) in [6, 6.07) is 23.3. The van der Waals surface area contributed by atoms with Crippen LogP contribution in [0.2, 0.25) is 0 Å². The predicted molar refractivity (Wildman–Crippen MR) is 137 cm³/mol. The van der Waals surface area contributed by atoms with Crippen LogP contribution < -0.4 is 9.47 Å². The van der Waals surface area contributed by atoms with E-state index in [-0.39, 0.29) is 35.3 Å². The first-order chi connectivity index (χ1) is 18.8. The average molecular weight is 526 g/mol. The number of hydrogen-bond acceptors (Lipinski definition) is 9. The average Bonchev–Trinajstić information content (AvgIpc) is 3.25. The van der Waals surface area contributed by atoms with Gasteiger partial charge in [0.25, 0.3) is 11.4 Å². The molecule has 11 heteroatoms. The lowest BCUT2D eigenvalue weighted by Crippen LogP contribution is -2.18. The molecule has 1 aliphatic rings. The molecule has 4 aromatic rings. The first kappa shape index (κ1) is 25.1. The van der Waals surface area contributed by atoms with E-state index in [9.17, 15) is 29.8 Å². The molecule has 0 saturated carbocycles. The molecule has 1 aliphatic carbocycles. The van der Waals surface area contributed by atoms with E-state index in [4.69, 9.17) is 14.2 Å². The topological polar surface area (TPSA) is 148 Å². The Morgan fingerprint density at radius 1 is 0.718 bits per heavy atom. The highest BCUT2D eigenvalue weighted by molar-refractivity contribution is 5.94. The van der Waals surface area contributed by atoms with Crippen molar-refractivity contribution < 1.29 is 33.6 Å². The Morgan fingerprint density at radius 2 is 1.28 bits per heavy atom. The number of carbonyl (C=O) groups excluding carboxylic acids is 2. The molecule has 0 fully saturated rings. The number of carbonyl (C=O) groups is 2. The summed E-state index contributed by atoms with van der Waals surface area (Å²) in [5.74, 6) is -1.55. The summed E-state index contributed by atoms with van der Waals surface area (Å²) < 4.78 is 15.7. The van der Waals surface area contributed by atoms with Crippen LogP contribution in [0.3, 0.4) is 0 Å². The molecule has 0 spiro atoms. The largest absolute Gasteiger partial charge is 0.519 e. The van der Waals surface area contributed by atoms with E-state index in [2.05, 4.69) is 0 Å². The van der Waals surface area contributed by atoms with Crippen LogP contribution in [-0.4, -0.2) is 28.6 Å². The lowest BCUT2D eigenvalue weighted by Gasteiger charge is -2.15. The van der Waals surface area contributed by atoms with Gasteiger partial charge in [-0.05, 0) is 40.5 Å². The first-order valence-corrected chi connectivity index (χ1v) is 11.6. The SMILES string of the molecule is O=C(Oc1ccc([N+](=O)[O-])cc1)Oc1ccc([N+](=O)[O-])cc1C(=O)OCC1c2ccccc2-c2ccccc21. The molecule has 0 bridgehead atoms. The van der Waals surface area contributed by atoms with Gasteiger partial charge in [0.15, 0.2) is 0 Å². The van der Waals surface area contributed by atoms with Crippen LogP contribution in [0.4, 0.5) is 16.2 Å². The minimum Gasteiger partial charge on any atom is -0.461 e. The number of ether oxygens (including phenoxy) is 3. The van der Waals surface area contributed by atoms with Crippen LogP contribution in [-0.2, 0) is 4.74 Å². The molecule has 4 aromatic carbocycles. The number of nitrogens with zero attached hydrogens (tertiary/aromatic N) is 2. The van der Waals surface area contributed by atoms with Crippen LogP contribution >= 0.6 is 0 Å². The third-order valence-corrected chi connectivity index (χ3v) is 6.18. The smallest absolute Gasteiger partial charge is 0.461 e. The number of hydrogen-bond donors (Lipinski definition) is 0. The van der Waals surface area contributed by atoms with Gasteiger partial charge in [-0.2, -0.15) is 0 Å². The van der Waals surface area contributed by atoms with E-state index in [1.54, 1.807) is 0 Å². The normalized spacial score (nSPS) is 11.7. The van der Waals surface area contributed by atoms with Gasteiger partial charge in [0.05, 0.1) is 9.85 Å². The number of rotatable bonds is 7. The second-order valence-corrected chi connectivity index (χ2v) is 8.47. The quantitative estimate of drug-likeness (QED) is 0.121. The number of esters is 1. The molecule has 0 unspecified atom stereocenters. The Kier molecular flexibility index (Phi) is 6.70. The molecule has 11 nitrogen and oxygen atoms in total. The molecule has 0 atom stereocenters. The van der Waals surface area contributed by atoms with Gasteiger partial charge in [0.1, 0.15) is 23.7 Å². The number of nitro groups is 2. The van der Waals surface area contributed by atoms with E-state index >= 15 is 0 Å². The lowest BCUT2D eigenvalue weighted by molar-refractivity contribution is -0.385. The maximum absolute atomic E-state index is 13.1. The molecule has 0 N–H and O–H groups in total. The van der Waals surface area contributed by atoms with Crippen molar-refractivity contribution in [2.75, 3.05) is 6.61 Å². The fourth-order valence-electron chi connectivity index (χ4n) is 4.40. The molecule has 39 heavy (non-hydrogen) atoms. The van der Waals surface area contributed by atoms with Crippen LogP contribution in [0.1, 0.15) is 27.4 Å². The minimum absolute atomic E-state index is 0.0461. The van der Waals surface area contributed by atoms with Gasteiger partial charge in [-0.1, -0.05) is 48.5 Å². The van der Waals surface area contributed by atoms with Crippen molar-refractivity contribution in [3.63, 3.8) is 0 Å². The molecular formula is C28H18N2O9. The van der Waals surface area contributed by atoms with Crippen LogP contribution in [0.25, 0.3) is 11.1 Å². The Morgan fingerprint density at radius 3 is 1.87 bits per heavy atom. The maximum Gasteiger partial charge on any atom is 0.519 e. The van der Waals surface area contributed by atoms with E-state index in [1.165, 1.54) is 12.1 Å². The standard InChI is InChI=1S/C28H18N2O9/c31-27(37-16-25-22-7-3-1-5-20(22)21-6-2-4-8-23(21)25)24-15-18(30(35)36)11-14-26(24)39-28(32)38-19-12-9-17(10-13-19)29(33)34/h1-15,25H,16H2. The molecule has 0 amide bonds. The zero-order chi connectivity index (χ0) is 27.5. The van der Waals surface area contributed by atoms with Gasteiger partial charge in [-0.3, -0.25) is 20.2 Å². The lowest BCUT2D eigenvalue weighted by atomic mass is 9.98. The first-order valence-electron chi connectivity index (χ1n) is 11.6. The molecule has 194 valence electrons. The molecule has 5 rings (SSSR count). The van der Waals surface area contributed by atoms with Crippen molar-refractivity contribution in [3.8, 4) is 22.6 Å². The molecule has 0 heterocycles. The van der Waals surface area contributed by atoms with Gasteiger partial charge in [-0.25, -0.2) is 9.59 Å². The minimum atomic E-state index is -1.26. The highest BCUT2D eigenvalue weighted by Crippen LogP contribution is 2.44. The van der Waals surface area contributed by atoms with Crippen molar-refractivity contribution >= 4 is 23.5 Å². The second-order valence-electron chi connectivity index (χ2n) is 8.47. The van der Waals surface area contributed by atoms with Crippen molar-refractivity contribution in [3.05, 3.63) is 128 Å². The van der Waals surface area contributed by atoms with Crippen molar-refractivity contribution in [1.82, 2.24) is 0 Å². The van der Waals surface area contributed by atoms with E-state index < -0.39 is 27.7 Å². The Balaban J connectivity index is 1.35. The molecule has 0 aromatic heterocycles. The molecule has 0 saturated heterocycles. The summed E-state index contributed by atoms with van der Waals surface area (Å²) in [6.45, 7) is -0.0533. The van der Waals surface area contributed by atoms with Crippen molar-refractivity contribution in [2.24, 2.45) is 0 Å². The molecule has 0 aliphatic heterocycles. The van der Waals surface area contributed by atoms with Crippen molar-refractivity contribution in [2.45, 2.75) is 5.92 Å². The second kappa shape index (κ2) is 10.4. The fourth-order valence-corrected chi connectivity index (χ4v) is 4.40. The van der Waals surface area contributed by atoms with Crippen LogP contribution in [0.15, 0.2) is 91.0 Å². The summed E-state index contributed by atoms with van der Waals surface area (Å²) in [6.07, 6.45) is -1.26. The Hall–Kier alpha value is -5.58. The molecular weight excluding hydrogens is 508 g/mol. The van der Waals surface area contributed by atoms with Gasteiger partial charge in [-0.15, -0.1) is 0 Å². The number of non-ortho nitro benzene ring substituents is 2. The molecule has 0 radical (unpaired) electrons. The van der Waals surface area contributed by atoms with Gasteiger partial charge < -0.3 is 14.2 Å². The van der Waals surface area contributed by atoms with Crippen molar-refractivity contribution in [1.29, 1.82) is 0 Å². The summed E-state index contributed by atoms with van der Waals surface area (Å²) in [5, 5.41) is 22.1. The van der Waals surface area contributed by atoms with Crippen LogP contribution in [0.5, 0.6) is 11.5 Å². The summed E-state index contributed by atoms with van der Waals surface area (Å²) in [4.78, 5) is 46.3. The maximum atomic E-state index is 13.1. The summed E-state index contributed by atoms with van der Waals surface area (Å²) in [7, 11) is 0. The summed E-state index contributed by atoms with van der Waals surface area (Å²) >= 11 is 0. The third-order valence-electron chi connectivity index (χ3n) is 6.18. The monoisotopic (exact) mass is 526 g/mol. The third kappa shape index (κ3) is 5.14. The van der Waals surface area contributed by atoms with E-state index in [0.29, 0.717) is 0 Å². The highest BCUT2D eigenvalue weighted by atomic mass is 16.7. The number of benzene rings is 4. The zero-order valence-electron chi connectivity index (χ0n) is 20.0. The van der Waals surface area contributed by atoms with E-state index in [1.807, 2.05) is 48.5 Å². The number of nitro benzene ring substituents is 2. The summed E-state index contributed by atoms with van der Waals surface area (Å²) in [5.41, 5.74) is 3.06. The fraction of sp³-hybridized carbons (Fsp3) is 0.0714. The van der Waals surface area contributed by atoms with Crippen LogP contribution in [0, 0.1) is 20.2 Å². The Labute approximate surface area is 220 Å². The highest BCUT2D eigenvalue weighted by Gasteiger charge is 2.30. The van der Waals surface area contributed by atoms with Gasteiger partial charge >= 0.3 is 12.1 Å². The predicted octanol–water partition coefficient (Wildman–Crippen LogP) is 6.05. The van der Waals surface area contributed by atoms with E-state index in [0.717, 1.165) is 52.6 Å². The van der Waals surface area contributed by atoms with Gasteiger partial charge in [0, 0.05) is 30.2 Å². The number of fused-ring (bicyclic) bond motifs is 3. The Bertz CT molecular complexity index is 1570.